The van der Waals surface area contributed by atoms with Gasteiger partial charge in [0, 0.05) is 38.2 Å². The Morgan fingerprint density at radius 2 is 2.08 bits per heavy atom. The van der Waals surface area contributed by atoms with Crippen LogP contribution < -0.4 is 10.2 Å². The Morgan fingerprint density at radius 1 is 1.35 bits per heavy atom. The smallest absolute Gasteiger partial charge is 0.410 e. The van der Waals surface area contributed by atoms with E-state index in [0.717, 1.165) is 5.69 Å². The molecule has 2 aliphatic rings. The van der Waals surface area contributed by atoms with E-state index in [1.165, 1.54) is 12.1 Å². The van der Waals surface area contributed by atoms with Gasteiger partial charge in [-0.1, -0.05) is 0 Å². The standard InChI is InChI=1S/C17H22N4O5/c1-17(2,3)26-16(23)19-6-7-20-12(10-19)9-15(22)18-13-8-11(21(24)25)4-5-14(13)20/h4-5,8,12H,6-7,9-10H2,1-3H3,(H,18,22). The van der Waals surface area contributed by atoms with Gasteiger partial charge in [-0.05, 0) is 26.8 Å². The van der Waals surface area contributed by atoms with Gasteiger partial charge in [-0.2, -0.15) is 0 Å². The highest BCUT2D eigenvalue weighted by molar-refractivity contribution is 5.97. The molecule has 1 N–H and O–H groups in total. The van der Waals surface area contributed by atoms with Crippen LogP contribution in [0, 0.1) is 10.1 Å². The van der Waals surface area contributed by atoms with Crippen molar-refractivity contribution in [2.45, 2.75) is 38.8 Å². The monoisotopic (exact) mass is 362 g/mol. The number of hydrogen-bond acceptors (Lipinski definition) is 6. The minimum absolute atomic E-state index is 0.0742. The highest BCUT2D eigenvalue weighted by Gasteiger charge is 2.36. The van der Waals surface area contributed by atoms with E-state index >= 15 is 0 Å². The molecule has 3 rings (SSSR count). The summed E-state index contributed by atoms with van der Waals surface area (Å²) >= 11 is 0. The molecule has 1 fully saturated rings. The molecule has 1 aromatic rings. The molecule has 2 aliphatic heterocycles. The van der Waals surface area contributed by atoms with Crippen LogP contribution in [0.25, 0.3) is 0 Å². The van der Waals surface area contributed by atoms with E-state index in [-0.39, 0.29) is 24.1 Å². The summed E-state index contributed by atoms with van der Waals surface area (Å²) < 4.78 is 5.42. The molecule has 140 valence electrons. The summed E-state index contributed by atoms with van der Waals surface area (Å²) in [5.74, 6) is -0.231. The van der Waals surface area contributed by atoms with Gasteiger partial charge >= 0.3 is 6.09 Å². The van der Waals surface area contributed by atoms with Gasteiger partial charge in [-0.25, -0.2) is 4.79 Å². The molecule has 1 saturated heterocycles. The Morgan fingerprint density at radius 3 is 2.73 bits per heavy atom. The number of carbonyl (C=O) groups excluding carboxylic acids is 2. The number of nitro groups is 1. The van der Waals surface area contributed by atoms with Crippen molar-refractivity contribution in [3.05, 3.63) is 28.3 Å². The highest BCUT2D eigenvalue weighted by Crippen LogP contribution is 2.35. The topological polar surface area (TPSA) is 105 Å². The van der Waals surface area contributed by atoms with Crippen molar-refractivity contribution in [3.8, 4) is 0 Å². The fourth-order valence-corrected chi connectivity index (χ4v) is 3.24. The van der Waals surface area contributed by atoms with Crippen molar-refractivity contribution in [2.24, 2.45) is 0 Å². The molecular formula is C17H22N4O5. The highest BCUT2D eigenvalue weighted by atomic mass is 16.6. The molecule has 0 saturated carbocycles. The molecule has 1 unspecified atom stereocenters. The Labute approximate surface area is 151 Å². The number of fused-ring (bicyclic) bond motifs is 3. The number of amides is 2. The molecule has 2 heterocycles. The van der Waals surface area contributed by atoms with Gasteiger partial charge in [0.05, 0.1) is 22.3 Å². The second-order valence-corrected chi connectivity index (χ2v) is 7.48. The average molecular weight is 362 g/mol. The number of benzene rings is 1. The van der Waals surface area contributed by atoms with E-state index in [9.17, 15) is 19.7 Å². The van der Waals surface area contributed by atoms with Crippen LogP contribution in [-0.4, -0.2) is 53.1 Å². The van der Waals surface area contributed by atoms with E-state index in [4.69, 9.17) is 4.74 Å². The SMILES string of the molecule is CC(C)(C)OC(=O)N1CCN2c3ccc([N+](=O)[O-])cc3NC(=O)CC2C1. The molecule has 9 nitrogen and oxygen atoms in total. The molecule has 0 spiro atoms. The maximum Gasteiger partial charge on any atom is 0.410 e. The lowest BCUT2D eigenvalue weighted by atomic mass is 10.1. The summed E-state index contributed by atoms with van der Waals surface area (Å²) in [5, 5.41) is 13.7. The number of piperazine rings is 1. The minimum atomic E-state index is -0.583. The number of rotatable bonds is 1. The fourth-order valence-electron chi connectivity index (χ4n) is 3.24. The van der Waals surface area contributed by atoms with Gasteiger partial charge in [0.2, 0.25) is 5.91 Å². The summed E-state index contributed by atoms with van der Waals surface area (Å²) in [7, 11) is 0. The summed E-state index contributed by atoms with van der Waals surface area (Å²) in [6, 6.07) is 4.23. The molecule has 9 heteroatoms. The third-order valence-corrected chi connectivity index (χ3v) is 4.33. The van der Waals surface area contributed by atoms with Crippen molar-refractivity contribution >= 4 is 29.1 Å². The first-order valence-electron chi connectivity index (χ1n) is 8.47. The molecular weight excluding hydrogens is 340 g/mol. The average Bonchev–Trinajstić information content (AvgIpc) is 2.66. The van der Waals surface area contributed by atoms with Crippen molar-refractivity contribution in [1.82, 2.24) is 4.90 Å². The predicted octanol–water partition coefficient (Wildman–Crippen LogP) is 2.36. The van der Waals surface area contributed by atoms with Crippen LogP contribution in [0.5, 0.6) is 0 Å². The maximum absolute atomic E-state index is 12.3. The number of nitro benzene ring substituents is 1. The maximum atomic E-state index is 12.3. The number of hydrogen-bond donors (Lipinski definition) is 1. The van der Waals surface area contributed by atoms with Crippen molar-refractivity contribution in [2.75, 3.05) is 29.9 Å². The van der Waals surface area contributed by atoms with Crippen LogP contribution in [0.2, 0.25) is 0 Å². The Hall–Kier alpha value is -2.84. The van der Waals surface area contributed by atoms with E-state index < -0.39 is 16.6 Å². The number of nitrogens with zero attached hydrogens (tertiary/aromatic N) is 3. The fraction of sp³-hybridized carbons (Fsp3) is 0.529. The van der Waals surface area contributed by atoms with Crippen LogP contribution in [0.1, 0.15) is 27.2 Å². The molecule has 2 amide bonds. The van der Waals surface area contributed by atoms with Gasteiger partial charge in [0.1, 0.15) is 5.60 Å². The minimum Gasteiger partial charge on any atom is -0.444 e. The Kier molecular flexibility index (Phi) is 4.47. The van der Waals surface area contributed by atoms with E-state index in [2.05, 4.69) is 5.32 Å². The first-order valence-corrected chi connectivity index (χ1v) is 8.47. The second-order valence-electron chi connectivity index (χ2n) is 7.48. The number of non-ortho nitro benzene ring substituents is 1. The summed E-state index contributed by atoms with van der Waals surface area (Å²) in [5.41, 5.74) is 0.503. The molecule has 1 atom stereocenters. The van der Waals surface area contributed by atoms with Crippen molar-refractivity contribution in [1.29, 1.82) is 0 Å². The quantitative estimate of drug-likeness (QED) is 0.607. The third-order valence-electron chi connectivity index (χ3n) is 4.33. The summed E-state index contributed by atoms with van der Waals surface area (Å²) in [6.07, 6.45) is -0.201. The third kappa shape index (κ3) is 3.71. The molecule has 0 bridgehead atoms. The van der Waals surface area contributed by atoms with Gasteiger partial charge in [0.25, 0.3) is 5.69 Å². The van der Waals surface area contributed by atoms with Gasteiger partial charge in [-0.15, -0.1) is 0 Å². The lowest BCUT2D eigenvalue weighted by Gasteiger charge is -2.41. The Balaban J connectivity index is 1.83. The van der Waals surface area contributed by atoms with Gasteiger partial charge < -0.3 is 19.9 Å². The lowest BCUT2D eigenvalue weighted by Crippen LogP contribution is -2.55. The molecule has 26 heavy (non-hydrogen) atoms. The van der Waals surface area contributed by atoms with E-state index in [0.29, 0.717) is 25.3 Å². The van der Waals surface area contributed by atoms with Crippen LogP contribution in [-0.2, 0) is 9.53 Å². The molecule has 0 aliphatic carbocycles. The largest absolute Gasteiger partial charge is 0.444 e. The number of nitrogens with one attached hydrogen (secondary N) is 1. The molecule has 0 radical (unpaired) electrons. The van der Waals surface area contributed by atoms with Crippen molar-refractivity contribution in [3.63, 3.8) is 0 Å². The van der Waals surface area contributed by atoms with Crippen LogP contribution in [0.3, 0.4) is 0 Å². The van der Waals surface area contributed by atoms with Crippen LogP contribution >= 0.6 is 0 Å². The zero-order valence-electron chi connectivity index (χ0n) is 15.0. The van der Waals surface area contributed by atoms with E-state index in [1.807, 2.05) is 25.7 Å². The second kappa shape index (κ2) is 6.47. The van der Waals surface area contributed by atoms with Crippen LogP contribution in [0.15, 0.2) is 18.2 Å². The molecule has 1 aromatic carbocycles. The number of anilines is 2. The normalized spacial score (nSPS) is 19.8. The first-order chi connectivity index (χ1) is 12.1. The van der Waals surface area contributed by atoms with Crippen molar-refractivity contribution < 1.29 is 19.2 Å². The predicted molar refractivity (Wildman–Crippen MR) is 95.3 cm³/mol. The van der Waals surface area contributed by atoms with Gasteiger partial charge in [0.15, 0.2) is 0 Å². The molecule has 0 aromatic heterocycles. The Bertz CT molecular complexity index is 758. The van der Waals surface area contributed by atoms with Crippen LogP contribution in [0.4, 0.5) is 21.9 Å². The number of ether oxygens (including phenoxy) is 1. The van der Waals surface area contributed by atoms with E-state index in [1.54, 1.807) is 11.0 Å². The first kappa shape index (κ1) is 18.0. The summed E-state index contributed by atoms with van der Waals surface area (Å²) in [6.45, 7) is 6.76. The summed E-state index contributed by atoms with van der Waals surface area (Å²) in [4.78, 5) is 38.7. The zero-order chi connectivity index (χ0) is 19.1. The van der Waals surface area contributed by atoms with Gasteiger partial charge in [-0.3, -0.25) is 14.9 Å². The zero-order valence-corrected chi connectivity index (χ0v) is 15.0. The lowest BCUT2D eigenvalue weighted by molar-refractivity contribution is -0.384. The number of carbonyl (C=O) groups is 2.